The number of nitrogens with zero attached hydrogens (tertiary/aromatic N) is 1. The van der Waals surface area contributed by atoms with E-state index in [1.165, 1.54) is 30.3 Å². The highest BCUT2D eigenvalue weighted by atomic mass is 32.2. The van der Waals surface area contributed by atoms with E-state index in [-0.39, 0.29) is 22.3 Å². The molecule has 0 aliphatic heterocycles. The first-order valence-corrected chi connectivity index (χ1v) is 10.3. The zero-order valence-electron chi connectivity index (χ0n) is 14.6. The van der Waals surface area contributed by atoms with E-state index in [1.54, 1.807) is 18.2 Å². The number of nitro benzene ring substituents is 1. The molecular weight excluding hydrogens is 368 g/mol. The molecule has 2 aromatic carbocycles. The molecule has 3 rings (SSSR count). The monoisotopic (exact) mass is 388 g/mol. The summed E-state index contributed by atoms with van der Waals surface area (Å²) in [6.07, 6.45) is 2.98. The first-order chi connectivity index (χ1) is 12.9. The highest BCUT2D eigenvalue weighted by molar-refractivity contribution is 7.92. The second-order valence-electron chi connectivity index (χ2n) is 6.59. The fourth-order valence-electron chi connectivity index (χ4n) is 3.36. The van der Waals surface area contributed by atoms with Crippen LogP contribution in [0.5, 0.6) is 0 Å². The van der Waals surface area contributed by atoms with Crippen LogP contribution in [0.4, 0.5) is 11.4 Å². The van der Waals surface area contributed by atoms with Gasteiger partial charge >= 0.3 is 0 Å². The van der Waals surface area contributed by atoms with Gasteiger partial charge in [0.15, 0.2) is 9.84 Å². The topological polar surface area (TPSA) is 106 Å². The molecule has 0 heterocycles. The lowest BCUT2D eigenvalue weighted by Gasteiger charge is -2.12. The summed E-state index contributed by atoms with van der Waals surface area (Å²) < 4.78 is 25.4. The molecule has 1 aliphatic carbocycles. The lowest BCUT2D eigenvalue weighted by molar-refractivity contribution is -0.385. The van der Waals surface area contributed by atoms with Gasteiger partial charge in [0.05, 0.1) is 21.5 Å². The third kappa shape index (κ3) is 4.33. The molecule has 27 heavy (non-hydrogen) atoms. The first kappa shape index (κ1) is 19.0. The Morgan fingerprint density at radius 2 is 1.81 bits per heavy atom. The molecule has 0 radical (unpaired) electrons. The van der Waals surface area contributed by atoms with Crippen LogP contribution in [-0.4, -0.2) is 24.5 Å². The Labute approximate surface area is 157 Å². The molecule has 0 aromatic heterocycles. The molecule has 0 saturated heterocycles. The summed E-state index contributed by atoms with van der Waals surface area (Å²) in [5.41, 5.74) is 0.539. The molecule has 0 atom stereocenters. The van der Waals surface area contributed by atoms with Gasteiger partial charge in [0, 0.05) is 17.3 Å². The van der Waals surface area contributed by atoms with Crippen molar-refractivity contribution >= 4 is 27.1 Å². The molecule has 0 bridgehead atoms. The molecule has 8 heteroatoms. The number of carbonyl (C=O) groups is 1. The number of para-hydroxylation sites is 1. The Balaban J connectivity index is 1.75. The van der Waals surface area contributed by atoms with E-state index in [0.717, 1.165) is 12.8 Å². The van der Waals surface area contributed by atoms with Crippen LogP contribution in [0.1, 0.15) is 31.2 Å². The number of hydrogen-bond donors (Lipinski definition) is 1. The van der Waals surface area contributed by atoms with Gasteiger partial charge in [0.25, 0.3) is 5.69 Å². The lowest BCUT2D eigenvalue weighted by Crippen LogP contribution is -2.19. The number of anilines is 1. The first-order valence-electron chi connectivity index (χ1n) is 8.74. The van der Waals surface area contributed by atoms with E-state index in [2.05, 4.69) is 5.32 Å². The van der Waals surface area contributed by atoms with E-state index in [9.17, 15) is 23.3 Å². The molecule has 0 unspecified atom stereocenters. The van der Waals surface area contributed by atoms with Crippen LogP contribution in [0.2, 0.25) is 0 Å². The molecule has 1 saturated carbocycles. The minimum Gasteiger partial charge on any atom is -0.326 e. The Bertz CT molecular complexity index is 966. The van der Waals surface area contributed by atoms with Crippen LogP contribution in [0.25, 0.3) is 0 Å². The van der Waals surface area contributed by atoms with Crippen molar-refractivity contribution < 1.29 is 18.1 Å². The minimum atomic E-state index is -3.41. The van der Waals surface area contributed by atoms with Gasteiger partial charge < -0.3 is 5.32 Å². The average molecular weight is 388 g/mol. The predicted molar refractivity (Wildman–Crippen MR) is 101 cm³/mol. The van der Waals surface area contributed by atoms with Crippen LogP contribution >= 0.6 is 0 Å². The summed E-state index contributed by atoms with van der Waals surface area (Å²) in [5.74, 6) is -0.445. The normalized spacial score (nSPS) is 14.8. The van der Waals surface area contributed by atoms with Gasteiger partial charge in [-0.1, -0.05) is 37.1 Å². The highest BCUT2D eigenvalue weighted by Crippen LogP contribution is 2.30. The van der Waals surface area contributed by atoms with Gasteiger partial charge in [-0.05, 0) is 31.0 Å². The quantitative estimate of drug-likeness (QED) is 0.602. The molecule has 0 spiro atoms. The number of carbonyl (C=O) groups excluding carboxylic acids is 1. The van der Waals surface area contributed by atoms with Crippen molar-refractivity contribution in [1.82, 2.24) is 0 Å². The molecule has 1 fully saturated rings. The fourth-order valence-corrected chi connectivity index (χ4v) is 5.26. The third-order valence-corrected chi connectivity index (χ3v) is 6.99. The summed E-state index contributed by atoms with van der Waals surface area (Å²) in [5, 5.41) is 13.3. The van der Waals surface area contributed by atoms with E-state index >= 15 is 0 Å². The molecule has 1 N–H and O–H groups in total. The van der Waals surface area contributed by atoms with Crippen molar-refractivity contribution in [1.29, 1.82) is 0 Å². The Morgan fingerprint density at radius 1 is 1.11 bits per heavy atom. The molecule has 2 aromatic rings. The zero-order valence-corrected chi connectivity index (χ0v) is 15.4. The van der Waals surface area contributed by atoms with Crippen LogP contribution in [-0.2, 0) is 21.1 Å². The smallest absolute Gasteiger partial charge is 0.273 e. The van der Waals surface area contributed by atoms with Crippen molar-refractivity contribution in [3.8, 4) is 0 Å². The number of nitro groups is 1. The van der Waals surface area contributed by atoms with Crippen molar-refractivity contribution in [2.45, 2.75) is 42.2 Å². The van der Waals surface area contributed by atoms with Gasteiger partial charge in [0.1, 0.15) is 0 Å². The molecular formula is C19H20N2O5S. The van der Waals surface area contributed by atoms with Crippen LogP contribution in [0, 0.1) is 10.1 Å². The van der Waals surface area contributed by atoms with E-state index in [4.69, 9.17) is 0 Å². The van der Waals surface area contributed by atoms with Gasteiger partial charge in [-0.3, -0.25) is 14.9 Å². The van der Waals surface area contributed by atoms with Crippen molar-refractivity contribution in [3.63, 3.8) is 0 Å². The summed E-state index contributed by atoms with van der Waals surface area (Å²) in [7, 11) is -3.41. The third-order valence-electron chi connectivity index (χ3n) is 4.73. The van der Waals surface area contributed by atoms with Crippen molar-refractivity contribution in [3.05, 3.63) is 64.2 Å². The second kappa shape index (κ2) is 7.87. The number of benzene rings is 2. The number of sulfone groups is 1. The van der Waals surface area contributed by atoms with Gasteiger partial charge in [-0.2, -0.15) is 0 Å². The standard InChI is InChI=1S/C19H20N2O5S/c22-19(12-14-6-1-4-11-18(14)21(23)24)20-15-7-5-10-17(13-15)27(25,26)16-8-2-3-9-16/h1,4-7,10-11,13,16H,2-3,8-9,12H2,(H,20,22). The predicted octanol–water partition coefficient (Wildman–Crippen LogP) is 3.49. The lowest BCUT2D eigenvalue weighted by atomic mass is 10.1. The number of rotatable bonds is 6. The zero-order chi connectivity index (χ0) is 19.4. The Kier molecular flexibility index (Phi) is 5.55. The summed E-state index contributed by atoms with van der Waals surface area (Å²) in [6, 6.07) is 12.2. The largest absolute Gasteiger partial charge is 0.326 e. The van der Waals surface area contributed by atoms with Gasteiger partial charge in [0.2, 0.25) is 5.91 Å². The second-order valence-corrected chi connectivity index (χ2v) is 8.82. The van der Waals surface area contributed by atoms with Crippen LogP contribution in [0.15, 0.2) is 53.4 Å². The molecule has 1 aliphatic rings. The number of hydrogen-bond acceptors (Lipinski definition) is 5. The van der Waals surface area contributed by atoms with E-state index < -0.39 is 20.7 Å². The van der Waals surface area contributed by atoms with E-state index in [0.29, 0.717) is 24.1 Å². The van der Waals surface area contributed by atoms with Crippen LogP contribution < -0.4 is 5.32 Å². The Hall–Kier alpha value is -2.74. The van der Waals surface area contributed by atoms with Gasteiger partial charge in [-0.25, -0.2) is 8.42 Å². The number of amides is 1. The van der Waals surface area contributed by atoms with Crippen LogP contribution in [0.3, 0.4) is 0 Å². The van der Waals surface area contributed by atoms with Crippen molar-refractivity contribution in [2.24, 2.45) is 0 Å². The minimum absolute atomic E-state index is 0.120. The fraction of sp³-hybridized carbons (Fsp3) is 0.316. The summed E-state index contributed by atoms with van der Waals surface area (Å²) >= 11 is 0. The van der Waals surface area contributed by atoms with Gasteiger partial charge in [-0.15, -0.1) is 0 Å². The van der Waals surface area contributed by atoms with E-state index in [1.807, 2.05) is 0 Å². The molecule has 1 amide bonds. The molecule has 7 nitrogen and oxygen atoms in total. The SMILES string of the molecule is O=C(Cc1ccccc1[N+](=O)[O-])Nc1cccc(S(=O)(=O)C2CCCC2)c1. The maximum atomic E-state index is 12.7. The number of nitrogens with one attached hydrogen (secondary N) is 1. The maximum Gasteiger partial charge on any atom is 0.273 e. The summed E-state index contributed by atoms with van der Waals surface area (Å²) in [6.45, 7) is 0. The highest BCUT2D eigenvalue weighted by Gasteiger charge is 2.30. The summed E-state index contributed by atoms with van der Waals surface area (Å²) in [4.78, 5) is 23.0. The Morgan fingerprint density at radius 3 is 2.52 bits per heavy atom. The van der Waals surface area contributed by atoms with Crippen molar-refractivity contribution in [2.75, 3.05) is 5.32 Å². The maximum absolute atomic E-state index is 12.7. The average Bonchev–Trinajstić information content (AvgIpc) is 3.17. The molecule has 142 valence electrons.